The lowest BCUT2D eigenvalue weighted by Crippen LogP contribution is -2.44. The molecule has 1 fully saturated rings. The monoisotopic (exact) mass is 524 g/mol. The van der Waals surface area contributed by atoms with Crippen molar-refractivity contribution in [1.82, 2.24) is 25.3 Å². The summed E-state index contributed by atoms with van der Waals surface area (Å²) in [5.41, 5.74) is 2.41. The van der Waals surface area contributed by atoms with Gasteiger partial charge in [0.15, 0.2) is 5.96 Å². The van der Waals surface area contributed by atoms with Gasteiger partial charge in [0.2, 0.25) is 5.91 Å². The summed E-state index contributed by atoms with van der Waals surface area (Å²) in [4.78, 5) is 18.8. The second-order valence-electron chi connectivity index (χ2n) is 7.51. The minimum absolute atomic E-state index is 0. The second kappa shape index (κ2) is 12.6. The Balaban J connectivity index is 0.00000320. The van der Waals surface area contributed by atoms with Gasteiger partial charge in [0.25, 0.3) is 0 Å². The topological polar surface area (TPSA) is 74.6 Å². The number of hydrogen-bond acceptors (Lipinski definition) is 3. The normalized spacial score (nSPS) is 16.7. The highest BCUT2D eigenvalue weighted by molar-refractivity contribution is 14.0. The fourth-order valence-electron chi connectivity index (χ4n) is 3.75. The Morgan fingerprint density at radius 2 is 2.00 bits per heavy atom. The molecule has 0 bridgehead atoms. The van der Waals surface area contributed by atoms with Crippen LogP contribution in [-0.4, -0.2) is 52.7 Å². The average molecular weight is 524 g/mol. The standard InChI is InChI=1S/C22H32N6O.HI/c1-18-8-5-6-15-28(18)21(29)11-13-24-22(23-2)25-16-19-9-3-4-10-20(19)17-27-14-7-12-26-27;/h3-4,7,9-10,12,14,18H,5-6,8,11,13,15-17H2,1-2H3,(H2,23,24,25);1H. The van der Waals surface area contributed by atoms with E-state index in [1.807, 2.05) is 34.0 Å². The molecule has 1 saturated heterocycles. The van der Waals surface area contributed by atoms with Crippen LogP contribution in [0.2, 0.25) is 0 Å². The number of nitrogens with one attached hydrogen (secondary N) is 2. The summed E-state index contributed by atoms with van der Waals surface area (Å²) in [7, 11) is 1.75. The van der Waals surface area contributed by atoms with Crippen LogP contribution >= 0.6 is 24.0 Å². The van der Waals surface area contributed by atoms with E-state index in [0.717, 1.165) is 25.9 Å². The van der Waals surface area contributed by atoms with Crippen LogP contribution in [0.1, 0.15) is 43.7 Å². The Bertz CT molecular complexity index is 808. The number of rotatable bonds is 7. The zero-order valence-corrected chi connectivity index (χ0v) is 20.2. The van der Waals surface area contributed by atoms with E-state index in [9.17, 15) is 4.79 Å². The van der Waals surface area contributed by atoms with E-state index in [4.69, 9.17) is 0 Å². The van der Waals surface area contributed by atoms with E-state index in [2.05, 4.69) is 39.8 Å². The number of aromatic nitrogens is 2. The van der Waals surface area contributed by atoms with Crippen molar-refractivity contribution < 1.29 is 4.79 Å². The molecule has 1 aliphatic rings. The first-order valence-electron chi connectivity index (χ1n) is 10.5. The number of carbonyl (C=O) groups excluding carboxylic acids is 1. The quantitative estimate of drug-likeness (QED) is 0.332. The molecule has 0 saturated carbocycles. The van der Waals surface area contributed by atoms with Crippen molar-refractivity contribution in [2.75, 3.05) is 20.1 Å². The summed E-state index contributed by atoms with van der Waals surface area (Å²) in [6.07, 6.45) is 7.69. The molecular weight excluding hydrogens is 491 g/mol. The molecule has 0 aliphatic carbocycles. The highest BCUT2D eigenvalue weighted by Crippen LogP contribution is 2.17. The number of hydrogen-bond donors (Lipinski definition) is 2. The summed E-state index contributed by atoms with van der Waals surface area (Å²) in [5.74, 6) is 0.933. The lowest BCUT2D eigenvalue weighted by molar-refractivity contribution is -0.134. The smallest absolute Gasteiger partial charge is 0.224 e. The van der Waals surface area contributed by atoms with Crippen LogP contribution in [0, 0.1) is 0 Å². The van der Waals surface area contributed by atoms with Crippen LogP contribution in [0.15, 0.2) is 47.7 Å². The van der Waals surface area contributed by atoms with Gasteiger partial charge in [-0.1, -0.05) is 24.3 Å². The van der Waals surface area contributed by atoms with Gasteiger partial charge in [0.1, 0.15) is 0 Å². The molecule has 164 valence electrons. The largest absolute Gasteiger partial charge is 0.356 e. The highest BCUT2D eigenvalue weighted by Gasteiger charge is 2.22. The maximum absolute atomic E-state index is 12.5. The van der Waals surface area contributed by atoms with Gasteiger partial charge < -0.3 is 15.5 Å². The number of amides is 1. The number of halogens is 1. The lowest BCUT2D eigenvalue weighted by Gasteiger charge is -2.33. The highest BCUT2D eigenvalue weighted by atomic mass is 127. The molecule has 2 heterocycles. The van der Waals surface area contributed by atoms with Gasteiger partial charge in [0.05, 0.1) is 6.54 Å². The van der Waals surface area contributed by atoms with E-state index < -0.39 is 0 Å². The van der Waals surface area contributed by atoms with E-state index in [1.54, 1.807) is 13.2 Å². The molecule has 7 nitrogen and oxygen atoms in total. The zero-order valence-electron chi connectivity index (χ0n) is 17.9. The van der Waals surface area contributed by atoms with Crippen molar-refractivity contribution in [2.24, 2.45) is 4.99 Å². The first-order chi connectivity index (χ1) is 14.2. The van der Waals surface area contributed by atoms with Gasteiger partial charge in [-0.2, -0.15) is 5.10 Å². The Kier molecular flexibility index (Phi) is 10.1. The number of carbonyl (C=O) groups is 1. The van der Waals surface area contributed by atoms with Crippen molar-refractivity contribution in [3.05, 3.63) is 53.9 Å². The van der Waals surface area contributed by atoms with Crippen LogP contribution in [0.3, 0.4) is 0 Å². The molecule has 1 atom stereocenters. The fraction of sp³-hybridized carbons (Fsp3) is 0.500. The number of nitrogens with zero attached hydrogens (tertiary/aromatic N) is 4. The molecular formula is C22H33IN6O. The summed E-state index contributed by atoms with van der Waals surface area (Å²) >= 11 is 0. The van der Waals surface area contributed by atoms with Gasteiger partial charge in [-0.05, 0) is 43.4 Å². The van der Waals surface area contributed by atoms with Gasteiger partial charge in [-0.3, -0.25) is 14.5 Å². The van der Waals surface area contributed by atoms with Gasteiger partial charge >= 0.3 is 0 Å². The van der Waals surface area contributed by atoms with Gasteiger partial charge in [-0.15, -0.1) is 24.0 Å². The SMILES string of the molecule is CN=C(NCCC(=O)N1CCCCC1C)NCc1ccccc1Cn1cccn1.I. The molecule has 1 aliphatic heterocycles. The van der Waals surface area contributed by atoms with E-state index in [1.165, 1.54) is 17.5 Å². The van der Waals surface area contributed by atoms with Crippen molar-refractivity contribution in [3.63, 3.8) is 0 Å². The number of likely N-dealkylation sites (tertiary alicyclic amines) is 1. The fourth-order valence-corrected chi connectivity index (χ4v) is 3.75. The van der Waals surface area contributed by atoms with E-state index in [-0.39, 0.29) is 29.9 Å². The first kappa shape index (κ1) is 24.2. The Morgan fingerprint density at radius 3 is 2.70 bits per heavy atom. The lowest BCUT2D eigenvalue weighted by atomic mass is 10.0. The predicted octanol–water partition coefficient (Wildman–Crippen LogP) is 3.01. The Hall–Kier alpha value is -2.10. The summed E-state index contributed by atoms with van der Waals surface area (Å²) in [6, 6.07) is 10.6. The summed E-state index contributed by atoms with van der Waals surface area (Å²) in [5, 5.41) is 10.9. The van der Waals surface area contributed by atoms with Crippen LogP contribution in [0.4, 0.5) is 0 Å². The maximum Gasteiger partial charge on any atom is 0.224 e. The van der Waals surface area contributed by atoms with E-state index >= 15 is 0 Å². The molecule has 1 unspecified atom stereocenters. The summed E-state index contributed by atoms with van der Waals surface area (Å²) < 4.78 is 1.92. The third-order valence-electron chi connectivity index (χ3n) is 5.43. The van der Waals surface area contributed by atoms with Crippen LogP contribution in [0.5, 0.6) is 0 Å². The number of piperidine rings is 1. The van der Waals surface area contributed by atoms with Gasteiger partial charge in [0, 0.05) is 51.5 Å². The average Bonchev–Trinajstić information content (AvgIpc) is 3.25. The third kappa shape index (κ3) is 7.00. The molecule has 1 aromatic carbocycles. The first-order valence-corrected chi connectivity index (χ1v) is 10.5. The predicted molar refractivity (Wildman–Crippen MR) is 131 cm³/mol. The molecule has 8 heteroatoms. The Labute approximate surface area is 196 Å². The third-order valence-corrected chi connectivity index (χ3v) is 5.43. The number of aliphatic imine (C=N–C) groups is 1. The molecule has 30 heavy (non-hydrogen) atoms. The van der Waals surface area contributed by atoms with Crippen LogP contribution < -0.4 is 10.6 Å². The molecule has 2 aromatic rings. The minimum atomic E-state index is 0. The number of benzene rings is 1. The van der Waals surface area contributed by atoms with Crippen molar-refractivity contribution in [3.8, 4) is 0 Å². The molecule has 1 amide bonds. The van der Waals surface area contributed by atoms with Crippen molar-refractivity contribution in [1.29, 1.82) is 0 Å². The van der Waals surface area contributed by atoms with Crippen molar-refractivity contribution in [2.45, 2.75) is 51.7 Å². The Morgan fingerprint density at radius 1 is 1.20 bits per heavy atom. The molecule has 0 radical (unpaired) electrons. The number of guanidine groups is 1. The second-order valence-corrected chi connectivity index (χ2v) is 7.51. The van der Waals surface area contributed by atoms with Gasteiger partial charge in [-0.25, -0.2) is 0 Å². The van der Waals surface area contributed by atoms with Crippen molar-refractivity contribution >= 4 is 35.8 Å². The van der Waals surface area contributed by atoms with E-state index in [0.29, 0.717) is 31.5 Å². The minimum Gasteiger partial charge on any atom is -0.356 e. The molecule has 3 rings (SSSR count). The molecule has 1 aromatic heterocycles. The van der Waals surface area contributed by atoms with Crippen LogP contribution in [0.25, 0.3) is 0 Å². The maximum atomic E-state index is 12.5. The van der Waals surface area contributed by atoms with Crippen LogP contribution in [-0.2, 0) is 17.9 Å². The summed E-state index contributed by atoms with van der Waals surface area (Å²) in [6.45, 7) is 5.01. The zero-order chi connectivity index (χ0) is 20.5. The molecule has 0 spiro atoms. The molecule has 2 N–H and O–H groups in total.